The standard InChI is InChI=1S/C25H20N2O3/c1-28-22-10-15(11-23-25(22)30-14-29-23)24(18-12-26-20-8-4-2-6-16(18)20)19-13-27-21-9-5-3-7-17(19)21/h2-13,24,26-27H,14H2,1H3. The lowest BCUT2D eigenvalue weighted by Gasteiger charge is -2.19. The van der Waals surface area contributed by atoms with Crippen molar-refractivity contribution in [3.63, 3.8) is 0 Å². The van der Waals surface area contributed by atoms with Crippen LogP contribution < -0.4 is 14.2 Å². The maximum Gasteiger partial charge on any atom is 0.231 e. The van der Waals surface area contributed by atoms with Gasteiger partial charge < -0.3 is 24.2 Å². The third kappa shape index (κ3) is 2.48. The Hall–Kier alpha value is -3.86. The van der Waals surface area contributed by atoms with Crippen molar-refractivity contribution in [2.45, 2.75) is 5.92 Å². The number of para-hydroxylation sites is 2. The molecule has 0 saturated heterocycles. The molecular formula is C25H20N2O3. The molecule has 3 aromatic carbocycles. The molecule has 2 N–H and O–H groups in total. The fourth-order valence-corrected chi connectivity index (χ4v) is 4.51. The van der Waals surface area contributed by atoms with E-state index in [0.717, 1.165) is 16.6 Å². The number of fused-ring (bicyclic) bond motifs is 3. The Morgan fingerprint density at radius 2 is 1.47 bits per heavy atom. The van der Waals surface area contributed by atoms with Crippen LogP contribution in [0.25, 0.3) is 21.8 Å². The van der Waals surface area contributed by atoms with E-state index in [1.54, 1.807) is 7.11 Å². The Balaban J connectivity index is 1.64. The van der Waals surface area contributed by atoms with Crippen molar-refractivity contribution in [1.82, 2.24) is 9.97 Å². The summed E-state index contributed by atoms with van der Waals surface area (Å²) in [5, 5.41) is 2.40. The molecule has 1 aliphatic heterocycles. The molecule has 5 heteroatoms. The Kier molecular flexibility index (Phi) is 3.74. The monoisotopic (exact) mass is 396 g/mol. The van der Waals surface area contributed by atoms with Crippen LogP contribution in [0.15, 0.2) is 73.1 Å². The van der Waals surface area contributed by atoms with Crippen LogP contribution in [0.4, 0.5) is 0 Å². The molecule has 0 radical (unpaired) electrons. The van der Waals surface area contributed by atoms with Crippen LogP contribution >= 0.6 is 0 Å². The van der Waals surface area contributed by atoms with E-state index < -0.39 is 0 Å². The van der Waals surface area contributed by atoms with Gasteiger partial charge in [-0.05, 0) is 41.0 Å². The molecule has 30 heavy (non-hydrogen) atoms. The van der Waals surface area contributed by atoms with Gasteiger partial charge in [0.25, 0.3) is 0 Å². The zero-order valence-electron chi connectivity index (χ0n) is 16.4. The first-order valence-corrected chi connectivity index (χ1v) is 9.93. The Labute approximate surface area is 173 Å². The zero-order chi connectivity index (χ0) is 20.1. The summed E-state index contributed by atoms with van der Waals surface area (Å²) in [6.07, 6.45) is 4.21. The van der Waals surface area contributed by atoms with Gasteiger partial charge in [-0.3, -0.25) is 0 Å². The van der Waals surface area contributed by atoms with Gasteiger partial charge in [0.15, 0.2) is 11.5 Å². The van der Waals surface area contributed by atoms with E-state index >= 15 is 0 Å². The molecule has 5 nitrogen and oxygen atoms in total. The van der Waals surface area contributed by atoms with Crippen molar-refractivity contribution in [3.05, 3.63) is 89.7 Å². The van der Waals surface area contributed by atoms with Crippen molar-refractivity contribution < 1.29 is 14.2 Å². The molecule has 0 fully saturated rings. The average molecular weight is 396 g/mol. The Bertz CT molecular complexity index is 1310. The van der Waals surface area contributed by atoms with Crippen LogP contribution in [-0.4, -0.2) is 23.9 Å². The summed E-state index contributed by atoms with van der Waals surface area (Å²) < 4.78 is 17.0. The number of rotatable bonds is 4. The normalized spacial score (nSPS) is 12.9. The van der Waals surface area contributed by atoms with E-state index in [4.69, 9.17) is 14.2 Å². The van der Waals surface area contributed by atoms with Crippen LogP contribution in [0.5, 0.6) is 17.2 Å². The van der Waals surface area contributed by atoms with Crippen molar-refractivity contribution in [2.75, 3.05) is 13.9 Å². The number of nitrogens with one attached hydrogen (secondary N) is 2. The van der Waals surface area contributed by atoms with Gasteiger partial charge in [-0.2, -0.15) is 0 Å². The van der Waals surface area contributed by atoms with Gasteiger partial charge in [0.05, 0.1) is 7.11 Å². The number of H-pyrrole nitrogens is 2. The van der Waals surface area contributed by atoms with E-state index in [1.165, 1.54) is 21.9 Å². The number of aromatic nitrogens is 2. The summed E-state index contributed by atoms with van der Waals surface area (Å²) >= 11 is 0. The highest BCUT2D eigenvalue weighted by atomic mass is 16.7. The van der Waals surface area contributed by atoms with Crippen LogP contribution in [0.3, 0.4) is 0 Å². The Morgan fingerprint density at radius 1 is 0.833 bits per heavy atom. The van der Waals surface area contributed by atoms with Gasteiger partial charge in [-0.25, -0.2) is 0 Å². The van der Waals surface area contributed by atoms with Crippen molar-refractivity contribution in [3.8, 4) is 17.2 Å². The van der Waals surface area contributed by atoms with Gasteiger partial charge in [0.2, 0.25) is 12.5 Å². The minimum Gasteiger partial charge on any atom is -0.493 e. The van der Waals surface area contributed by atoms with Gasteiger partial charge in [-0.1, -0.05) is 36.4 Å². The van der Waals surface area contributed by atoms with E-state index in [0.29, 0.717) is 17.2 Å². The SMILES string of the molecule is COc1cc(C(c2c[nH]c3ccccc23)c2c[nH]c3ccccc23)cc2c1OCO2. The summed E-state index contributed by atoms with van der Waals surface area (Å²) in [6.45, 7) is 0.208. The molecule has 148 valence electrons. The van der Waals surface area contributed by atoms with Crippen LogP contribution in [0.2, 0.25) is 0 Å². The summed E-state index contributed by atoms with van der Waals surface area (Å²) in [5.41, 5.74) is 5.73. The van der Waals surface area contributed by atoms with E-state index in [2.05, 4.69) is 70.9 Å². The molecule has 0 spiro atoms. The Morgan fingerprint density at radius 3 is 2.10 bits per heavy atom. The lowest BCUT2D eigenvalue weighted by Crippen LogP contribution is -2.03. The molecule has 0 unspecified atom stereocenters. The molecular weight excluding hydrogens is 376 g/mol. The van der Waals surface area contributed by atoms with Crippen molar-refractivity contribution >= 4 is 21.8 Å². The highest BCUT2D eigenvalue weighted by molar-refractivity contribution is 5.89. The van der Waals surface area contributed by atoms with E-state index in [9.17, 15) is 0 Å². The number of hydrogen-bond donors (Lipinski definition) is 2. The molecule has 0 atom stereocenters. The first-order valence-electron chi connectivity index (χ1n) is 9.93. The quantitative estimate of drug-likeness (QED) is 0.418. The van der Waals surface area contributed by atoms with Crippen LogP contribution in [-0.2, 0) is 0 Å². The first kappa shape index (κ1) is 17.0. The summed E-state index contributed by atoms with van der Waals surface area (Å²) in [5.74, 6) is 2.05. The van der Waals surface area contributed by atoms with E-state index in [-0.39, 0.29) is 12.7 Å². The lowest BCUT2D eigenvalue weighted by molar-refractivity contribution is 0.171. The fraction of sp³-hybridized carbons (Fsp3) is 0.120. The topological polar surface area (TPSA) is 59.3 Å². The number of hydrogen-bond acceptors (Lipinski definition) is 3. The van der Waals surface area contributed by atoms with Gasteiger partial charge in [0.1, 0.15) is 0 Å². The van der Waals surface area contributed by atoms with E-state index in [1.807, 2.05) is 12.1 Å². The largest absolute Gasteiger partial charge is 0.493 e. The molecule has 0 aliphatic carbocycles. The third-order valence-electron chi connectivity index (χ3n) is 5.88. The van der Waals surface area contributed by atoms with Crippen molar-refractivity contribution in [1.29, 1.82) is 0 Å². The summed E-state index contributed by atoms with van der Waals surface area (Å²) in [4.78, 5) is 6.86. The minimum absolute atomic E-state index is 0.0132. The highest BCUT2D eigenvalue weighted by Gasteiger charge is 2.28. The third-order valence-corrected chi connectivity index (χ3v) is 5.88. The van der Waals surface area contributed by atoms with Crippen LogP contribution in [0.1, 0.15) is 22.6 Å². The van der Waals surface area contributed by atoms with Gasteiger partial charge >= 0.3 is 0 Å². The smallest absolute Gasteiger partial charge is 0.231 e. The maximum absolute atomic E-state index is 5.72. The summed E-state index contributed by atoms with van der Waals surface area (Å²) in [6, 6.07) is 20.9. The second-order valence-corrected chi connectivity index (χ2v) is 7.47. The maximum atomic E-state index is 5.72. The highest BCUT2D eigenvalue weighted by Crippen LogP contribution is 2.47. The van der Waals surface area contributed by atoms with Crippen LogP contribution in [0, 0.1) is 0 Å². The molecule has 5 aromatic rings. The van der Waals surface area contributed by atoms with Crippen molar-refractivity contribution in [2.24, 2.45) is 0 Å². The predicted molar refractivity (Wildman–Crippen MR) is 117 cm³/mol. The molecule has 2 aromatic heterocycles. The minimum atomic E-state index is -0.0132. The molecule has 0 amide bonds. The number of benzene rings is 3. The fourth-order valence-electron chi connectivity index (χ4n) is 4.51. The second kappa shape index (κ2) is 6.59. The number of methoxy groups -OCH3 is 1. The first-order chi connectivity index (χ1) is 14.8. The lowest BCUT2D eigenvalue weighted by atomic mass is 9.84. The summed E-state index contributed by atoms with van der Waals surface area (Å²) in [7, 11) is 1.66. The average Bonchev–Trinajstić information content (AvgIpc) is 3.53. The molecule has 1 aliphatic rings. The number of aromatic amines is 2. The van der Waals surface area contributed by atoms with Gasteiger partial charge in [-0.15, -0.1) is 0 Å². The van der Waals surface area contributed by atoms with Gasteiger partial charge in [0, 0.05) is 40.1 Å². The molecule has 0 bridgehead atoms. The molecule has 0 saturated carbocycles. The zero-order valence-corrected chi connectivity index (χ0v) is 16.4. The molecule has 3 heterocycles. The predicted octanol–water partition coefficient (Wildman–Crippen LogP) is 5.57. The second-order valence-electron chi connectivity index (χ2n) is 7.47. The molecule has 6 rings (SSSR count). The number of ether oxygens (including phenoxy) is 3.